The Bertz CT molecular complexity index is 995. The molecular formula is C29H33NO5. The van der Waals surface area contributed by atoms with Crippen molar-refractivity contribution in [3.63, 3.8) is 0 Å². The fourth-order valence-electron chi connectivity index (χ4n) is 5.27. The molecule has 2 saturated heterocycles. The van der Waals surface area contributed by atoms with Gasteiger partial charge in [-0.2, -0.15) is 0 Å². The maximum absolute atomic E-state index is 10.5. The van der Waals surface area contributed by atoms with Crippen molar-refractivity contribution >= 4 is 0 Å². The second-order valence-electron chi connectivity index (χ2n) is 9.60. The third kappa shape index (κ3) is 4.54. The van der Waals surface area contributed by atoms with E-state index in [4.69, 9.17) is 24.7 Å². The van der Waals surface area contributed by atoms with Gasteiger partial charge >= 0.3 is 0 Å². The van der Waals surface area contributed by atoms with E-state index in [1.807, 2.05) is 68.4 Å². The van der Waals surface area contributed by atoms with E-state index in [9.17, 15) is 5.11 Å². The Morgan fingerprint density at radius 2 is 1.29 bits per heavy atom. The standard InChI is InChI=1S/C29H33NO5/c1-28(2)34-26-24(33-25(23(31)18-30)27(26)35-28)19-32-29(20-12-6-3-7-13-20,21-14-8-4-9-15-21)22-16-10-5-11-17-22/h3-17,23-27,31H,18-19,30H2,1-2H3/t23?,24-,25+,26-,27+/m1/s1. The van der Waals surface area contributed by atoms with E-state index in [1.165, 1.54) is 0 Å². The number of nitrogens with two attached hydrogens (primary N) is 1. The third-order valence-corrected chi connectivity index (χ3v) is 6.81. The maximum atomic E-state index is 10.5. The smallest absolute Gasteiger partial charge is 0.164 e. The first-order valence-electron chi connectivity index (χ1n) is 12.1. The highest BCUT2D eigenvalue weighted by Crippen LogP contribution is 2.43. The van der Waals surface area contributed by atoms with Crippen LogP contribution in [-0.4, -0.2) is 54.6 Å². The normalized spacial score (nSPS) is 26.4. The molecule has 2 fully saturated rings. The molecule has 6 heteroatoms. The van der Waals surface area contributed by atoms with E-state index in [2.05, 4.69) is 36.4 Å². The van der Waals surface area contributed by atoms with Crippen molar-refractivity contribution in [3.05, 3.63) is 108 Å². The van der Waals surface area contributed by atoms with Crippen LogP contribution < -0.4 is 5.73 Å². The summed E-state index contributed by atoms with van der Waals surface area (Å²) < 4.78 is 25.5. The number of hydrogen-bond acceptors (Lipinski definition) is 6. The van der Waals surface area contributed by atoms with Gasteiger partial charge in [-0.25, -0.2) is 0 Å². The highest BCUT2D eigenvalue weighted by Gasteiger charge is 2.57. The summed E-state index contributed by atoms with van der Waals surface area (Å²) in [5, 5.41) is 10.5. The third-order valence-electron chi connectivity index (χ3n) is 6.81. The summed E-state index contributed by atoms with van der Waals surface area (Å²) in [6, 6.07) is 30.6. The number of aliphatic hydroxyl groups excluding tert-OH is 1. The molecule has 0 radical (unpaired) electrons. The van der Waals surface area contributed by atoms with Crippen LogP contribution in [0.25, 0.3) is 0 Å². The zero-order valence-corrected chi connectivity index (χ0v) is 20.1. The molecular weight excluding hydrogens is 442 g/mol. The van der Waals surface area contributed by atoms with Gasteiger partial charge in [0.05, 0.1) is 12.7 Å². The molecule has 0 spiro atoms. The minimum Gasteiger partial charge on any atom is -0.389 e. The molecule has 0 aliphatic carbocycles. The molecule has 0 amide bonds. The SMILES string of the molecule is CC1(C)O[C@@H]2[C@H](O1)[C@@H](COC(c1ccccc1)(c1ccccc1)c1ccccc1)O[C@H]2C(O)CN. The lowest BCUT2D eigenvalue weighted by Crippen LogP contribution is -2.42. The van der Waals surface area contributed by atoms with Gasteiger partial charge in [-0.3, -0.25) is 0 Å². The summed E-state index contributed by atoms with van der Waals surface area (Å²) in [4.78, 5) is 0. The molecule has 5 rings (SSSR count). The Morgan fingerprint density at radius 3 is 1.74 bits per heavy atom. The number of benzene rings is 3. The molecule has 6 nitrogen and oxygen atoms in total. The number of hydrogen-bond donors (Lipinski definition) is 2. The molecule has 3 N–H and O–H groups in total. The quantitative estimate of drug-likeness (QED) is 0.485. The van der Waals surface area contributed by atoms with E-state index in [0.29, 0.717) is 0 Å². The lowest BCUT2D eigenvalue weighted by molar-refractivity contribution is -0.204. The highest BCUT2D eigenvalue weighted by atomic mass is 16.8. The van der Waals surface area contributed by atoms with Crippen molar-refractivity contribution in [1.29, 1.82) is 0 Å². The molecule has 0 aromatic heterocycles. The molecule has 0 bridgehead atoms. The Balaban J connectivity index is 1.54. The average molecular weight is 476 g/mol. The van der Waals surface area contributed by atoms with Crippen molar-refractivity contribution in [3.8, 4) is 0 Å². The second-order valence-corrected chi connectivity index (χ2v) is 9.60. The van der Waals surface area contributed by atoms with Crippen LogP contribution in [0.15, 0.2) is 91.0 Å². The van der Waals surface area contributed by atoms with Gasteiger partial charge in [0.2, 0.25) is 0 Å². The highest BCUT2D eigenvalue weighted by molar-refractivity contribution is 5.47. The Kier molecular flexibility index (Phi) is 6.77. The van der Waals surface area contributed by atoms with Gasteiger partial charge in [0.25, 0.3) is 0 Å². The summed E-state index contributed by atoms with van der Waals surface area (Å²) in [6.07, 6.45) is -2.68. The van der Waals surface area contributed by atoms with Crippen LogP contribution >= 0.6 is 0 Å². The Morgan fingerprint density at radius 1 is 0.829 bits per heavy atom. The van der Waals surface area contributed by atoms with Gasteiger partial charge in [-0.1, -0.05) is 91.0 Å². The van der Waals surface area contributed by atoms with Crippen LogP contribution in [0.5, 0.6) is 0 Å². The molecule has 2 aliphatic heterocycles. The van der Waals surface area contributed by atoms with Crippen molar-refractivity contribution in [2.24, 2.45) is 5.73 Å². The Labute approximate surface area is 206 Å². The second kappa shape index (κ2) is 9.82. The summed E-state index contributed by atoms with van der Waals surface area (Å²) in [5.74, 6) is -0.778. The summed E-state index contributed by atoms with van der Waals surface area (Å²) in [5.41, 5.74) is 7.91. The molecule has 3 aromatic carbocycles. The van der Waals surface area contributed by atoms with E-state index in [0.717, 1.165) is 16.7 Å². The summed E-state index contributed by atoms with van der Waals surface area (Å²) in [7, 11) is 0. The van der Waals surface area contributed by atoms with E-state index in [1.54, 1.807) is 0 Å². The van der Waals surface area contributed by atoms with Crippen LogP contribution in [0.3, 0.4) is 0 Å². The van der Waals surface area contributed by atoms with E-state index in [-0.39, 0.29) is 19.3 Å². The van der Waals surface area contributed by atoms with Crippen LogP contribution in [0.2, 0.25) is 0 Å². The van der Waals surface area contributed by atoms with Gasteiger partial charge in [0.15, 0.2) is 5.79 Å². The Hall–Kier alpha value is -2.58. The molecule has 184 valence electrons. The van der Waals surface area contributed by atoms with Crippen LogP contribution in [0.1, 0.15) is 30.5 Å². The molecule has 2 aliphatic rings. The van der Waals surface area contributed by atoms with Gasteiger partial charge in [-0.15, -0.1) is 0 Å². The van der Waals surface area contributed by atoms with Crippen molar-refractivity contribution in [1.82, 2.24) is 0 Å². The number of fused-ring (bicyclic) bond motifs is 1. The van der Waals surface area contributed by atoms with E-state index >= 15 is 0 Å². The first-order valence-corrected chi connectivity index (χ1v) is 12.1. The molecule has 1 unspecified atom stereocenters. The van der Waals surface area contributed by atoms with Gasteiger partial charge in [0, 0.05) is 6.54 Å². The lowest BCUT2D eigenvalue weighted by atomic mass is 9.80. The minimum absolute atomic E-state index is 0.0766. The van der Waals surface area contributed by atoms with Crippen LogP contribution in [-0.2, 0) is 24.5 Å². The van der Waals surface area contributed by atoms with Gasteiger partial charge in [0.1, 0.15) is 30.0 Å². The van der Waals surface area contributed by atoms with Crippen molar-refractivity contribution in [2.45, 2.75) is 55.8 Å². The van der Waals surface area contributed by atoms with Crippen LogP contribution in [0.4, 0.5) is 0 Å². The first-order chi connectivity index (χ1) is 16.9. The monoisotopic (exact) mass is 475 g/mol. The predicted octanol–water partition coefficient (Wildman–Crippen LogP) is 3.60. The van der Waals surface area contributed by atoms with Crippen LogP contribution in [0, 0.1) is 0 Å². The predicted molar refractivity (Wildman–Crippen MR) is 133 cm³/mol. The zero-order valence-electron chi connectivity index (χ0n) is 20.1. The maximum Gasteiger partial charge on any atom is 0.164 e. The van der Waals surface area contributed by atoms with E-state index < -0.39 is 35.8 Å². The van der Waals surface area contributed by atoms with Gasteiger partial charge in [-0.05, 0) is 30.5 Å². The molecule has 35 heavy (non-hydrogen) atoms. The number of ether oxygens (including phenoxy) is 4. The van der Waals surface area contributed by atoms with Gasteiger partial charge < -0.3 is 29.8 Å². The van der Waals surface area contributed by atoms with Crippen molar-refractivity contribution in [2.75, 3.05) is 13.2 Å². The minimum atomic E-state index is -0.873. The molecule has 5 atom stereocenters. The fraction of sp³-hybridized carbons (Fsp3) is 0.379. The zero-order chi connectivity index (χ0) is 24.5. The number of aliphatic hydroxyl groups is 1. The molecule has 0 saturated carbocycles. The topological polar surface area (TPSA) is 83.2 Å². The summed E-state index contributed by atoms with van der Waals surface area (Å²) in [6.45, 7) is 4.05. The molecule has 3 aromatic rings. The first kappa shape index (κ1) is 24.1. The average Bonchev–Trinajstić information content (AvgIpc) is 3.39. The number of rotatable bonds is 8. The largest absolute Gasteiger partial charge is 0.389 e. The lowest BCUT2D eigenvalue weighted by Gasteiger charge is -2.37. The molecule has 2 heterocycles. The summed E-state index contributed by atoms with van der Waals surface area (Å²) >= 11 is 0. The fourth-order valence-corrected chi connectivity index (χ4v) is 5.27. The van der Waals surface area contributed by atoms with Crippen molar-refractivity contribution < 1.29 is 24.1 Å².